The Labute approximate surface area is 139 Å². The predicted molar refractivity (Wildman–Crippen MR) is 89.2 cm³/mol. The molecular weight excluding hydrogens is 319 g/mol. The molecule has 23 heavy (non-hydrogen) atoms. The Morgan fingerprint density at radius 1 is 1.52 bits per heavy atom. The molecule has 132 valence electrons. The van der Waals surface area contributed by atoms with Crippen molar-refractivity contribution in [3.63, 3.8) is 0 Å². The fraction of sp³-hybridized carbons (Fsp3) is 0.667. The topological polar surface area (TPSA) is 69.3 Å². The van der Waals surface area contributed by atoms with Crippen LogP contribution in [0.1, 0.15) is 26.7 Å². The van der Waals surface area contributed by atoms with E-state index in [0.717, 1.165) is 12.8 Å². The second-order valence-corrected chi connectivity index (χ2v) is 6.70. The molecule has 8 heteroatoms. The van der Waals surface area contributed by atoms with Gasteiger partial charge in [0.25, 0.3) is 0 Å². The number of nitrogens with one attached hydrogen (secondary N) is 1. The second-order valence-electron chi connectivity index (χ2n) is 5.41. The summed E-state index contributed by atoms with van der Waals surface area (Å²) in [5.41, 5.74) is 0.529. The summed E-state index contributed by atoms with van der Waals surface area (Å²) < 4.78 is 22.3. The summed E-state index contributed by atoms with van der Waals surface area (Å²) in [7, 11) is 2.17. The zero-order valence-electron chi connectivity index (χ0n) is 14.2. The first-order chi connectivity index (χ1) is 11.0. The fourth-order valence-corrected chi connectivity index (χ4v) is 2.86. The number of carbonyl (C=O) groups is 1. The summed E-state index contributed by atoms with van der Waals surface area (Å²) in [4.78, 5) is 12.2. The van der Waals surface area contributed by atoms with E-state index in [1.807, 2.05) is 32.0 Å². The van der Waals surface area contributed by atoms with Crippen LogP contribution in [-0.4, -0.2) is 50.5 Å². The van der Waals surface area contributed by atoms with Gasteiger partial charge in [0.2, 0.25) is 6.41 Å². The molecule has 0 aromatic heterocycles. The van der Waals surface area contributed by atoms with E-state index in [0.29, 0.717) is 18.7 Å². The van der Waals surface area contributed by atoms with Gasteiger partial charge in [-0.25, -0.2) is 0 Å². The summed E-state index contributed by atoms with van der Waals surface area (Å²) in [6, 6.07) is 0. The van der Waals surface area contributed by atoms with Crippen molar-refractivity contribution in [3.8, 4) is 0 Å². The maximum absolute atomic E-state index is 10.3. The van der Waals surface area contributed by atoms with Gasteiger partial charge in [0, 0.05) is 26.1 Å². The van der Waals surface area contributed by atoms with Gasteiger partial charge >= 0.3 is 8.60 Å². The zero-order chi connectivity index (χ0) is 17.2. The van der Waals surface area contributed by atoms with E-state index in [1.165, 1.54) is 0 Å². The molecule has 3 atom stereocenters. The van der Waals surface area contributed by atoms with Crippen molar-refractivity contribution in [1.29, 1.82) is 0 Å². The van der Waals surface area contributed by atoms with E-state index in [4.69, 9.17) is 18.3 Å². The minimum absolute atomic E-state index is 0.0167. The average Bonchev–Trinajstić information content (AvgIpc) is 2.98. The van der Waals surface area contributed by atoms with Gasteiger partial charge in [0.05, 0.1) is 18.8 Å². The normalized spacial score (nSPS) is 22.5. The van der Waals surface area contributed by atoms with E-state index < -0.39 is 8.60 Å². The van der Waals surface area contributed by atoms with Crippen LogP contribution < -0.4 is 5.32 Å². The van der Waals surface area contributed by atoms with Crippen molar-refractivity contribution in [2.45, 2.75) is 45.1 Å². The van der Waals surface area contributed by atoms with Crippen LogP contribution in [0.15, 0.2) is 24.6 Å². The van der Waals surface area contributed by atoms with Crippen LogP contribution >= 0.6 is 8.60 Å². The highest BCUT2D eigenvalue weighted by Gasteiger charge is 2.28. The highest BCUT2D eigenvalue weighted by molar-refractivity contribution is 7.41. The lowest BCUT2D eigenvalue weighted by Crippen LogP contribution is -2.28. The van der Waals surface area contributed by atoms with Gasteiger partial charge in [-0.05, 0) is 32.8 Å². The highest BCUT2D eigenvalue weighted by atomic mass is 31.2. The highest BCUT2D eigenvalue weighted by Crippen LogP contribution is 2.40. The third kappa shape index (κ3) is 7.90. The van der Waals surface area contributed by atoms with Crippen molar-refractivity contribution in [2.24, 2.45) is 0 Å². The molecular formula is C15H27N2O5P. The number of rotatable bonds is 11. The Hall–Kier alpha value is -0.980. The Bertz CT molecular complexity index is 405. The molecule has 0 aliphatic carbocycles. The number of hydrogen-bond donors (Lipinski definition) is 1. The minimum atomic E-state index is -1.32. The van der Waals surface area contributed by atoms with Gasteiger partial charge in [0.15, 0.2) is 0 Å². The first-order valence-electron chi connectivity index (χ1n) is 7.54. The van der Waals surface area contributed by atoms with E-state index >= 15 is 0 Å². The maximum atomic E-state index is 10.3. The molecule has 1 rings (SSSR count). The third-order valence-electron chi connectivity index (χ3n) is 3.11. The molecule has 1 aliphatic rings. The minimum Gasteiger partial charge on any atom is -0.355 e. The predicted octanol–water partition coefficient (Wildman–Crippen LogP) is 2.51. The first kappa shape index (κ1) is 20.1. The van der Waals surface area contributed by atoms with Crippen LogP contribution in [-0.2, 0) is 23.1 Å². The fourth-order valence-electron chi connectivity index (χ4n) is 1.98. The molecule has 0 spiro atoms. The summed E-state index contributed by atoms with van der Waals surface area (Å²) in [6.07, 6.45) is 6.01. The molecule has 1 heterocycles. The first-order valence-corrected chi connectivity index (χ1v) is 8.64. The molecule has 3 unspecified atom stereocenters. The average molecular weight is 346 g/mol. The van der Waals surface area contributed by atoms with Crippen molar-refractivity contribution in [1.82, 2.24) is 10.2 Å². The number of amides is 1. The molecule has 1 amide bonds. The molecule has 0 radical (unpaired) electrons. The Balaban J connectivity index is 2.34. The Kier molecular flexibility index (Phi) is 9.36. The van der Waals surface area contributed by atoms with Gasteiger partial charge in [-0.2, -0.15) is 0 Å². The lowest BCUT2D eigenvalue weighted by molar-refractivity contribution is -0.108. The van der Waals surface area contributed by atoms with Gasteiger partial charge < -0.3 is 28.5 Å². The van der Waals surface area contributed by atoms with Gasteiger partial charge in [-0.15, -0.1) is 0 Å². The van der Waals surface area contributed by atoms with Gasteiger partial charge in [-0.3, -0.25) is 4.79 Å². The SMILES string of the molecule is C=C(/C=C\N(C)C1CCC(COP(OC)OC(C)C)O1)NC=O. The molecule has 1 N–H and O–H groups in total. The lowest BCUT2D eigenvalue weighted by Gasteiger charge is -2.23. The zero-order valence-corrected chi connectivity index (χ0v) is 15.1. The molecule has 0 bridgehead atoms. The monoisotopic (exact) mass is 346 g/mol. The van der Waals surface area contributed by atoms with Crippen LogP contribution in [0.3, 0.4) is 0 Å². The van der Waals surface area contributed by atoms with E-state index in [1.54, 1.807) is 13.2 Å². The van der Waals surface area contributed by atoms with Crippen molar-refractivity contribution in [3.05, 3.63) is 24.6 Å². The summed E-state index contributed by atoms with van der Waals surface area (Å²) in [5.74, 6) is 0. The number of ether oxygens (including phenoxy) is 1. The standard InChI is InChI=1S/C15H27N2O5P/c1-12(2)22-23(19-5)20-10-14-6-7-15(21-14)17(4)9-8-13(3)16-11-18/h8-9,11-12,14-15H,3,6-7,10H2,1-2,4-5H3,(H,16,18)/b9-8-. The van der Waals surface area contributed by atoms with E-state index in [-0.39, 0.29) is 18.4 Å². The maximum Gasteiger partial charge on any atom is 0.332 e. The quantitative estimate of drug-likeness (QED) is 0.352. The summed E-state index contributed by atoms with van der Waals surface area (Å²) in [6.45, 7) is 8.02. The van der Waals surface area contributed by atoms with Crippen LogP contribution in [0.5, 0.6) is 0 Å². The lowest BCUT2D eigenvalue weighted by atomic mass is 10.2. The number of hydrogen-bond acceptors (Lipinski definition) is 6. The Morgan fingerprint density at radius 2 is 2.26 bits per heavy atom. The molecule has 0 saturated carbocycles. The summed E-state index contributed by atoms with van der Waals surface area (Å²) >= 11 is 0. The molecule has 1 aliphatic heterocycles. The molecule has 0 aromatic rings. The van der Waals surface area contributed by atoms with Gasteiger partial charge in [0.1, 0.15) is 6.23 Å². The largest absolute Gasteiger partial charge is 0.355 e. The number of nitrogens with zero attached hydrogens (tertiary/aromatic N) is 1. The smallest absolute Gasteiger partial charge is 0.332 e. The van der Waals surface area contributed by atoms with E-state index in [9.17, 15) is 4.79 Å². The third-order valence-corrected chi connectivity index (χ3v) is 4.36. The van der Waals surface area contributed by atoms with Crippen LogP contribution in [0, 0.1) is 0 Å². The molecule has 1 fully saturated rings. The van der Waals surface area contributed by atoms with Crippen molar-refractivity contribution < 1.29 is 23.1 Å². The van der Waals surface area contributed by atoms with E-state index in [2.05, 4.69) is 11.9 Å². The number of carbonyl (C=O) groups excluding carboxylic acids is 1. The van der Waals surface area contributed by atoms with Crippen molar-refractivity contribution in [2.75, 3.05) is 20.8 Å². The molecule has 7 nitrogen and oxygen atoms in total. The number of allylic oxidation sites excluding steroid dienone is 1. The Morgan fingerprint density at radius 3 is 2.87 bits per heavy atom. The van der Waals surface area contributed by atoms with Crippen molar-refractivity contribution >= 4 is 15.0 Å². The molecule has 1 saturated heterocycles. The van der Waals surface area contributed by atoms with Crippen LogP contribution in [0.4, 0.5) is 0 Å². The van der Waals surface area contributed by atoms with Crippen LogP contribution in [0.25, 0.3) is 0 Å². The second kappa shape index (κ2) is 10.7. The van der Waals surface area contributed by atoms with Gasteiger partial charge in [-0.1, -0.05) is 6.58 Å². The van der Waals surface area contributed by atoms with Crippen LogP contribution in [0.2, 0.25) is 0 Å². The molecule has 0 aromatic carbocycles. The summed E-state index contributed by atoms with van der Waals surface area (Å²) in [5, 5.41) is 2.48.